The number of hydrogen-bond acceptors (Lipinski definition) is 5. The molecule has 0 saturated heterocycles. The van der Waals surface area contributed by atoms with Crippen molar-refractivity contribution in [3.8, 4) is 11.3 Å². The summed E-state index contributed by atoms with van der Waals surface area (Å²) in [5.74, 6) is 1.96. The Labute approximate surface area is 131 Å². The first-order chi connectivity index (χ1) is 10.2. The monoisotopic (exact) mass is 317 g/mol. The lowest BCUT2D eigenvalue weighted by Gasteiger charge is -1.99. The molecule has 21 heavy (non-hydrogen) atoms. The molecule has 106 valence electrons. The number of oxazole rings is 1. The van der Waals surface area contributed by atoms with Crippen LogP contribution in [0.15, 0.2) is 58.2 Å². The lowest BCUT2D eigenvalue weighted by Crippen LogP contribution is -1.87. The molecule has 2 N–H and O–H groups in total. The van der Waals surface area contributed by atoms with Gasteiger partial charge in [0, 0.05) is 10.6 Å². The Morgan fingerprint density at radius 1 is 1.14 bits per heavy atom. The van der Waals surface area contributed by atoms with Crippen LogP contribution in [0.1, 0.15) is 5.89 Å². The van der Waals surface area contributed by atoms with Crippen LogP contribution < -0.4 is 5.73 Å². The third kappa shape index (κ3) is 3.56. The smallest absolute Gasteiger partial charge is 0.205 e. The largest absolute Gasteiger partial charge is 0.440 e. The van der Waals surface area contributed by atoms with Gasteiger partial charge in [-0.3, -0.25) is 0 Å². The standard InChI is InChI=1S/C15H12ClN3OS/c16-11-3-1-2-10(6-11)13-8-18-14(20-13)9-21-15-5-4-12(17)7-19-15/h1-8H,9,17H2. The molecule has 0 atom stereocenters. The maximum absolute atomic E-state index is 5.97. The van der Waals surface area contributed by atoms with Crippen molar-refractivity contribution in [2.75, 3.05) is 5.73 Å². The molecule has 0 radical (unpaired) electrons. The molecule has 3 rings (SSSR count). The minimum atomic E-state index is 0.609. The first-order valence-electron chi connectivity index (χ1n) is 6.26. The predicted molar refractivity (Wildman–Crippen MR) is 85.2 cm³/mol. The fourth-order valence-electron chi connectivity index (χ4n) is 1.76. The molecule has 0 aliphatic carbocycles. The topological polar surface area (TPSA) is 64.9 Å². The lowest BCUT2D eigenvalue weighted by molar-refractivity contribution is 0.530. The number of benzene rings is 1. The van der Waals surface area contributed by atoms with E-state index in [-0.39, 0.29) is 0 Å². The van der Waals surface area contributed by atoms with Gasteiger partial charge in [-0.1, -0.05) is 35.5 Å². The van der Waals surface area contributed by atoms with Crippen LogP contribution in [0.25, 0.3) is 11.3 Å². The molecular weight excluding hydrogens is 306 g/mol. The quantitative estimate of drug-likeness (QED) is 0.728. The minimum absolute atomic E-state index is 0.609. The Kier molecular flexibility index (Phi) is 4.13. The van der Waals surface area contributed by atoms with Gasteiger partial charge in [-0.25, -0.2) is 9.97 Å². The van der Waals surface area contributed by atoms with E-state index in [1.165, 1.54) is 0 Å². The molecule has 0 saturated carbocycles. The van der Waals surface area contributed by atoms with Gasteiger partial charge in [-0.05, 0) is 24.3 Å². The number of nitrogens with zero attached hydrogens (tertiary/aromatic N) is 2. The highest BCUT2D eigenvalue weighted by atomic mass is 35.5. The summed E-state index contributed by atoms with van der Waals surface area (Å²) < 4.78 is 5.73. The van der Waals surface area contributed by atoms with Crippen molar-refractivity contribution in [1.29, 1.82) is 0 Å². The van der Waals surface area contributed by atoms with Gasteiger partial charge in [0.05, 0.1) is 28.9 Å². The highest BCUT2D eigenvalue weighted by Gasteiger charge is 2.07. The molecule has 0 spiro atoms. The summed E-state index contributed by atoms with van der Waals surface area (Å²) in [4.78, 5) is 8.49. The van der Waals surface area contributed by atoms with Crippen LogP contribution in [0, 0.1) is 0 Å². The normalized spacial score (nSPS) is 10.7. The molecular formula is C15H12ClN3OS. The number of anilines is 1. The van der Waals surface area contributed by atoms with E-state index >= 15 is 0 Å². The second-order valence-corrected chi connectivity index (χ2v) is 5.78. The van der Waals surface area contributed by atoms with Crippen molar-refractivity contribution in [3.63, 3.8) is 0 Å². The van der Waals surface area contributed by atoms with E-state index in [1.807, 2.05) is 36.4 Å². The fourth-order valence-corrected chi connectivity index (χ4v) is 2.65. The van der Waals surface area contributed by atoms with Crippen LogP contribution in [0.3, 0.4) is 0 Å². The number of aromatic nitrogens is 2. The second kappa shape index (κ2) is 6.20. The molecule has 6 heteroatoms. The van der Waals surface area contributed by atoms with Gasteiger partial charge in [0.1, 0.15) is 0 Å². The SMILES string of the molecule is Nc1ccc(SCc2ncc(-c3cccc(Cl)c3)o2)nc1. The number of thioether (sulfide) groups is 1. The summed E-state index contributed by atoms with van der Waals surface area (Å²) in [6.07, 6.45) is 3.34. The fraction of sp³-hybridized carbons (Fsp3) is 0.0667. The van der Waals surface area contributed by atoms with Crippen molar-refractivity contribution in [3.05, 3.63) is 59.7 Å². The highest BCUT2D eigenvalue weighted by molar-refractivity contribution is 7.98. The Balaban J connectivity index is 1.69. The Bertz CT molecular complexity index is 743. The summed E-state index contributed by atoms with van der Waals surface area (Å²) in [7, 11) is 0. The average Bonchev–Trinajstić information content (AvgIpc) is 2.96. The summed E-state index contributed by atoms with van der Waals surface area (Å²) in [6.45, 7) is 0. The molecule has 0 fully saturated rings. The van der Waals surface area contributed by atoms with Crippen molar-refractivity contribution < 1.29 is 4.42 Å². The number of rotatable bonds is 4. The number of nitrogen functional groups attached to an aromatic ring is 1. The molecule has 0 aliphatic heterocycles. The van der Waals surface area contributed by atoms with E-state index in [4.69, 9.17) is 21.8 Å². The molecule has 3 aromatic rings. The van der Waals surface area contributed by atoms with Crippen LogP contribution in [0.2, 0.25) is 5.02 Å². The van der Waals surface area contributed by atoms with Crippen LogP contribution >= 0.6 is 23.4 Å². The molecule has 2 aromatic heterocycles. The van der Waals surface area contributed by atoms with Gasteiger partial charge in [0.25, 0.3) is 0 Å². The maximum Gasteiger partial charge on any atom is 0.205 e. The van der Waals surface area contributed by atoms with Crippen molar-refractivity contribution >= 4 is 29.1 Å². The van der Waals surface area contributed by atoms with E-state index in [9.17, 15) is 0 Å². The van der Waals surface area contributed by atoms with Gasteiger partial charge < -0.3 is 10.2 Å². The van der Waals surface area contributed by atoms with E-state index in [0.29, 0.717) is 28.1 Å². The average molecular weight is 318 g/mol. The van der Waals surface area contributed by atoms with Crippen molar-refractivity contribution in [1.82, 2.24) is 9.97 Å². The molecule has 0 aliphatic rings. The first kappa shape index (κ1) is 14.0. The second-order valence-electron chi connectivity index (χ2n) is 4.35. The zero-order valence-electron chi connectivity index (χ0n) is 11.0. The van der Waals surface area contributed by atoms with Crippen LogP contribution in [0.4, 0.5) is 5.69 Å². The first-order valence-corrected chi connectivity index (χ1v) is 7.62. The molecule has 0 bridgehead atoms. The molecule has 0 amide bonds. The van der Waals surface area contributed by atoms with Crippen LogP contribution in [-0.2, 0) is 5.75 Å². The van der Waals surface area contributed by atoms with Gasteiger partial charge in [0.2, 0.25) is 5.89 Å². The maximum atomic E-state index is 5.97. The van der Waals surface area contributed by atoms with Gasteiger partial charge in [0.15, 0.2) is 5.76 Å². The minimum Gasteiger partial charge on any atom is -0.440 e. The summed E-state index contributed by atoms with van der Waals surface area (Å²) in [5, 5.41) is 1.55. The van der Waals surface area contributed by atoms with Crippen molar-refractivity contribution in [2.45, 2.75) is 10.8 Å². The van der Waals surface area contributed by atoms with Crippen LogP contribution in [-0.4, -0.2) is 9.97 Å². The molecule has 4 nitrogen and oxygen atoms in total. The Morgan fingerprint density at radius 2 is 2.05 bits per heavy atom. The summed E-state index contributed by atoms with van der Waals surface area (Å²) in [6, 6.07) is 11.2. The highest BCUT2D eigenvalue weighted by Crippen LogP contribution is 2.26. The predicted octanol–water partition coefficient (Wildman–Crippen LogP) is 4.26. The number of pyridine rings is 1. The zero-order valence-corrected chi connectivity index (χ0v) is 12.6. The van der Waals surface area contributed by atoms with Gasteiger partial charge in [-0.15, -0.1) is 0 Å². The van der Waals surface area contributed by atoms with E-state index in [2.05, 4.69) is 9.97 Å². The third-order valence-electron chi connectivity index (χ3n) is 2.77. The number of hydrogen-bond donors (Lipinski definition) is 1. The Hall–Kier alpha value is -1.98. The Morgan fingerprint density at radius 3 is 2.81 bits per heavy atom. The van der Waals surface area contributed by atoms with Crippen LogP contribution in [0.5, 0.6) is 0 Å². The zero-order chi connectivity index (χ0) is 14.7. The molecule has 1 aromatic carbocycles. The number of nitrogens with two attached hydrogens (primary N) is 1. The van der Waals surface area contributed by atoms with Gasteiger partial charge in [-0.2, -0.15) is 0 Å². The number of halogens is 1. The lowest BCUT2D eigenvalue weighted by atomic mass is 10.2. The van der Waals surface area contributed by atoms with E-state index in [0.717, 1.165) is 10.6 Å². The third-order valence-corrected chi connectivity index (χ3v) is 3.93. The van der Waals surface area contributed by atoms with Gasteiger partial charge >= 0.3 is 0 Å². The molecule has 2 heterocycles. The van der Waals surface area contributed by atoms with E-state index in [1.54, 1.807) is 24.2 Å². The molecule has 0 unspecified atom stereocenters. The van der Waals surface area contributed by atoms with E-state index < -0.39 is 0 Å². The summed E-state index contributed by atoms with van der Waals surface area (Å²) in [5.41, 5.74) is 7.17. The summed E-state index contributed by atoms with van der Waals surface area (Å²) >= 11 is 7.52. The van der Waals surface area contributed by atoms with Crippen molar-refractivity contribution in [2.24, 2.45) is 0 Å².